The molecule has 1 aliphatic rings. The van der Waals surface area contributed by atoms with Gasteiger partial charge in [0.2, 0.25) is 11.8 Å². The molecule has 0 saturated carbocycles. The molecule has 2 amide bonds. The van der Waals surface area contributed by atoms with Gasteiger partial charge in [-0.05, 0) is 18.2 Å². The summed E-state index contributed by atoms with van der Waals surface area (Å²) in [4.78, 5) is 26.2. The number of amides is 2. The summed E-state index contributed by atoms with van der Waals surface area (Å²) in [7, 11) is 0. The Hall–Kier alpha value is -1.84. The Bertz CT molecular complexity index is 403. The molecule has 0 N–H and O–H groups in total. The molecule has 1 aliphatic heterocycles. The average Bonchev–Trinajstić information content (AvgIpc) is 2.30. The Kier molecular flexibility index (Phi) is 2.90. The number of benzene rings is 1. The molecule has 1 fully saturated rings. The van der Waals surface area contributed by atoms with E-state index >= 15 is 0 Å². The van der Waals surface area contributed by atoms with Crippen LogP contribution in [0.15, 0.2) is 24.3 Å². The van der Waals surface area contributed by atoms with E-state index in [1.165, 1.54) is 6.92 Å². The van der Waals surface area contributed by atoms with E-state index in [0.717, 1.165) is 5.69 Å². The second-order valence-corrected chi connectivity index (χ2v) is 3.74. The molecule has 4 nitrogen and oxygen atoms in total. The van der Waals surface area contributed by atoms with Crippen LogP contribution in [0.4, 0.5) is 5.69 Å². The lowest BCUT2D eigenvalue weighted by molar-refractivity contribution is -0.135. The van der Waals surface area contributed by atoms with Crippen molar-refractivity contribution < 1.29 is 9.59 Å². The molecule has 2 rings (SSSR count). The Labute approximate surface area is 94.5 Å². The highest BCUT2D eigenvalue weighted by Gasteiger charge is 2.25. The van der Waals surface area contributed by atoms with E-state index in [4.69, 9.17) is 0 Å². The zero-order valence-corrected chi connectivity index (χ0v) is 9.14. The van der Waals surface area contributed by atoms with E-state index in [-0.39, 0.29) is 18.4 Å². The van der Waals surface area contributed by atoms with Gasteiger partial charge in [-0.3, -0.25) is 9.59 Å². The van der Waals surface area contributed by atoms with Gasteiger partial charge >= 0.3 is 0 Å². The lowest BCUT2D eigenvalue weighted by Crippen LogP contribution is -2.51. The number of nitrogens with zero attached hydrogens (tertiary/aromatic N) is 2. The van der Waals surface area contributed by atoms with Crippen molar-refractivity contribution in [3.63, 3.8) is 0 Å². The van der Waals surface area contributed by atoms with Crippen LogP contribution in [-0.2, 0) is 9.59 Å². The van der Waals surface area contributed by atoms with E-state index in [2.05, 4.69) is 6.07 Å². The molecule has 0 spiro atoms. The largest absolute Gasteiger partial charge is 0.332 e. The van der Waals surface area contributed by atoms with Gasteiger partial charge in [-0.15, -0.1) is 0 Å². The van der Waals surface area contributed by atoms with Crippen molar-refractivity contribution in [2.75, 3.05) is 24.5 Å². The lowest BCUT2D eigenvalue weighted by atomic mass is 10.2. The molecule has 0 unspecified atom stereocenters. The molecule has 1 saturated heterocycles. The molecule has 1 aromatic rings. The Balaban J connectivity index is 2.11. The minimum atomic E-state index is -0.0469. The van der Waals surface area contributed by atoms with E-state index in [0.29, 0.717) is 13.1 Å². The minimum Gasteiger partial charge on any atom is -0.332 e. The van der Waals surface area contributed by atoms with Gasteiger partial charge in [0.25, 0.3) is 0 Å². The number of carbonyl (C=O) groups is 2. The summed E-state index contributed by atoms with van der Waals surface area (Å²) < 4.78 is 0. The van der Waals surface area contributed by atoms with Crippen molar-refractivity contribution in [1.29, 1.82) is 0 Å². The van der Waals surface area contributed by atoms with Crippen molar-refractivity contribution in [2.45, 2.75) is 6.92 Å². The maximum atomic E-state index is 11.8. The number of piperazine rings is 1. The Morgan fingerprint density at radius 1 is 1.31 bits per heavy atom. The fraction of sp³-hybridized carbons (Fsp3) is 0.333. The molecule has 0 bridgehead atoms. The van der Waals surface area contributed by atoms with Gasteiger partial charge in [-0.25, -0.2) is 0 Å². The van der Waals surface area contributed by atoms with Crippen LogP contribution in [0.2, 0.25) is 0 Å². The normalized spacial score (nSPS) is 16.4. The first-order valence-corrected chi connectivity index (χ1v) is 5.20. The van der Waals surface area contributed by atoms with Gasteiger partial charge < -0.3 is 9.80 Å². The fourth-order valence-electron chi connectivity index (χ4n) is 1.77. The lowest BCUT2D eigenvalue weighted by Gasteiger charge is -2.33. The molecule has 83 valence electrons. The summed E-state index contributed by atoms with van der Waals surface area (Å²) in [6, 6.07) is 10.2. The molecule has 1 aromatic carbocycles. The first-order chi connectivity index (χ1) is 7.68. The van der Waals surface area contributed by atoms with E-state index in [1.807, 2.05) is 12.1 Å². The summed E-state index contributed by atoms with van der Waals surface area (Å²) in [6.45, 7) is 2.82. The molecule has 4 heteroatoms. The Morgan fingerprint density at radius 2 is 2.00 bits per heavy atom. The van der Waals surface area contributed by atoms with E-state index in [9.17, 15) is 9.59 Å². The summed E-state index contributed by atoms with van der Waals surface area (Å²) >= 11 is 0. The van der Waals surface area contributed by atoms with Gasteiger partial charge in [0, 0.05) is 25.7 Å². The third kappa shape index (κ3) is 2.05. The molecule has 1 radical (unpaired) electrons. The van der Waals surface area contributed by atoms with Gasteiger partial charge in [0.15, 0.2) is 0 Å². The summed E-state index contributed by atoms with van der Waals surface area (Å²) in [5, 5.41) is 0. The highest BCUT2D eigenvalue weighted by atomic mass is 16.2. The van der Waals surface area contributed by atoms with Crippen LogP contribution in [0.3, 0.4) is 0 Å². The highest BCUT2D eigenvalue weighted by Crippen LogP contribution is 2.16. The topological polar surface area (TPSA) is 40.6 Å². The van der Waals surface area contributed by atoms with Crippen molar-refractivity contribution in [2.24, 2.45) is 0 Å². The Morgan fingerprint density at radius 3 is 2.56 bits per heavy atom. The molecule has 1 heterocycles. The monoisotopic (exact) mass is 217 g/mol. The number of hydrogen-bond acceptors (Lipinski definition) is 2. The maximum Gasteiger partial charge on any atom is 0.246 e. The van der Waals surface area contributed by atoms with Crippen LogP contribution in [0.1, 0.15) is 6.92 Å². The van der Waals surface area contributed by atoms with Crippen LogP contribution in [0.5, 0.6) is 0 Å². The van der Waals surface area contributed by atoms with Crippen molar-refractivity contribution in [3.8, 4) is 0 Å². The third-order valence-electron chi connectivity index (χ3n) is 2.68. The smallest absolute Gasteiger partial charge is 0.246 e. The fourth-order valence-corrected chi connectivity index (χ4v) is 1.77. The third-order valence-corrected chi connectivity index (χ3v) is 2.68. The first kappa shape index (κ1) is 10.7. The summed E-state index contributed by atoms with van der Waals surface area (Å²) in [6.07, 6.45) is 0. The molecule has 16 heavy (non-hydrogen) atoms. The zero-order valence-electron chi connectivity index (χ0n) is 9.14. The van der Waals surface area contributed by atoms with E-state index in [1.54, 1.807) is 21.9 Å². The first-order valence-electron chi connectivity index (χ1n) is 5.20. The predicted molar refractivity (Wildman–Crippen MR) is 59.9 cm³/mol. The van der Waals surface area contributed by atoms with Gasteiger partial charge in [0.1, 0.15) is 6.54 Å². The summed E-state index contributed by atoms with van der Waals surface area (Å²) in [5.74, 6) is -0.0814. The molecule has 0 aromatic heterocycles. The van der Waals surface area contributed by atoms with Crippen LogP contribution in [0.25, 0.3) is 0 Å². The second-order valence-electron chi connectivity index (χ2n) is 3.74. The van der Waals surface area contributed by atoms with Gasteiger partial charge in [-0.2, -0.15) is 0 Å². The standard InChI is InChI=1S/C12H13N2O2/c1-10(15)13-7-8-14(12(16)9-13)11-5-3-2-4-6-11/h3-6H,7-9H2,1H3. The molecule has 0 aliphatic carbocycles. The number of hydrogen-bond donors (Lipinski definition) is 0. The number of rotatable bonds is 1. The van der Waals surface area contributed by atoms with Crippen molar-refractivity contribution in [3.05, 3.63) is 30.3 Å². The van der Waals surface area contributed by atoms with Crippen LogP contribution < -0.4 is 4.90 Å². The number of carbonyl (C=O) groups excluding carboxylic acids is 2. The van der Waals surface area contributed by atoms with Gasteiger partial charge in [-0.1, -0.05) is 12.1 Å². The molecule has 0 atom stereocenters. The summed E-state index contributed by atoms with van der Waals surface area (Å²) in [5.41, 5.74) is 0.868. The van der Waals surface area contributed by atoms with Crippen LogP contribution >= 0.6 is 0 Å². The second kappa shape index (κ2) is 4.35. The molecular formula is C12H13N2O2. The average molecular weight is 217 g/mol. The van der Waals surface area contributed by atoms with Gasteiger partial charge in [0.05, 0.1) is 0 Å². The highest BCUT2D eigenvalue weighted by molar-refractivity contribution is 5.97. The SMILES string of the molecule is CC(=O)N1CCN(c2cc[c]cc2)C(=O)C1. The minimum absolute atomic E-state index is 0.0346. The quantitative estimate of drug-likeness (QED) is 0.694. The number of anilines is 1. The van der Waals surface area contributed by atoms with E-state index < -0.39 is 0 Å². The van der Waals surface area contributed by atoms with Crippen molar-refractivity contribution >= 4 is 17.5 Å². The van der Waals surface area contributed by atoms with Crippen LogP contribution in [0, 0.1) is 6.07 Å². The maximum absolute atomic E-state index is 11.8. The zero-order chi connectivity index (χ0) is 11.5. The van der Waals surface area contributed by atoms with Crippen molar-refractivity contribution in [1.82, 2.24) is 4.90 Å². The van der Waals surface area contributed by atoms with Crippen LogP contribution in [-0.4, -0.2) is 36.3 Å². The predicted octanol–water partition coefficient (Wildman–Crippen LogP) is 0.682. The molecular weight excluding hydrogens is 204 g/mol.